The van der Waals surface area contributed by atoms with E-state index in [0.29, 0.717) is 22.4 Å². The number of ether oxygens (including phenoxy) is 1. The lowest BCUT2D eigenvalue weighted by Gasteiger charge is -2.24. The molecule has 1 fully saturated rings. The summed E-state index contributed by atoms with van der Waals surface area (Å²) >= 11 is 2.19. The molecule has 7 heteroatoms. The molecule has 6 nitrogen and oxygen atoms in total. The molecule has 1 atom stereocenters. The predicted octanol–water partition coefficient (Wildman–Crippen LogP) is 4.59. The summed E-state index contributed by atoms with van der Waals surface area (Å²) in [5.41, 5.74) is 2.23. The zero-order valence-corrected chi connectivity index (χ0v) is 19.6. The monoisotopic (exact) mass is 531 g/mol. The number of nitrogens with one attached hydrogen (secondary N) is 1. The fourth-order valence-corrected chi connectivity index (χ4v) is 4.54. The van der Waals surface area contributed by atoms with Gasteiger partial charge in [0, 0.05) is 39.8 Å². The molecule has 1 aliphatic rings. The van der Waals surface area contributed by atoms with Crippen LogP contribution in [0.15, 0.2) is 52.3 Å². The van der Waals surface area contributed by atoms with Crippen molar-refractivity contribution in [1.82, 2.24) is 9.88 Å². The van der Waals surface area contributed by atoms with Crippen molar-refractivity contribution in [3.8, 4) is 5.88 Å². The van der Waals surface area contributed by atoms with E-state index in [0.717, 1.165) is 35.6 Å². The number of likely N-dealkylation sites (tertiary alicyclic amines) is 1. The average molecular weight is 531 g/mol. The molecule has 0 saturated carbocycles. The van der Waals surface area contributed by atoms with Crippen LogP contribution in [0.1, 0.15) is 30.9 Å². The van der Waals surface area contributed by atoms with Crippen molar-refractivity contribution in [2.45, 2.75) is 32.4 Å². The van der Waals surface area contributed by atoms with Gasteiger partial charge in [-0.05, 0) is 84.8 Å². The Bertz CT molecular complexity index is 1140. The molecule has 31 heavy (non-hydrogen) atoms. The third-order valence-corrected chi connectivity index (χ3v) is 6.35. The summed E-state index contributed by atoms with van der Waals surface area (Å²) in [6.07, 6.45) is 4.02. The van der Waals surface area contributed by atoms with Crippen LogP contribution >= 0.6 is 22.6 Å². The largest absolute Gasteiger partial charge is 0.494 e. The molecule has 1 aliphatic heterocycles. The molecule has 3 aromatic rings. The molecule has 1 aromatic heterocycles. The highest BCUT2D eigenvalue weighted by Crippen LogP contribution is 2.25. The predicted molar refractivity (Wildman–Crippen MR) is 133 cm³/mol. The van der Waals surface area contributed by atoms with E-state index in [1.807, 2.05) is 31.2 Å². The van der Waals surface area contributed by atoms with Gasteiger partial charge >= 0.3 is 0 Å². The molecule has 0 amide bonds. The molecule has 2 aromatic carbocycles. The summed E-state index contributed by atoms with van der Waals surface area (Å²) in [6.45, 7) is 5.61. The normalized spacial score (nSPS) is 17.2. The maximum atomic E-state index is 12.1. The maximum Gasteiger partial charge on any atom is 0.258 e. The second-order valence-corrected chi connectivity index (χ2v) is 9.00. The van der Waals surface area contributed by atoms with E-state index in [1.165, 1.54) is 18.4 Å². The molecule has 1 saturated heterocycles. The number of fused-ring (bicyclic) bond motifs is 1. The van der Waals surface area contributed by atoms with Crippen molar-refractivity contribution in [1.29, 1.82) is 0 Å². The number of aromatic hydroxyl groups is 1. The summed E-state index contributed by atoms with van der Waals surface area (Å²) in [4.78, 5) is 21.6. The van der Waals surface area contributed by atoms with Crippen LogP contribution in [-0.4, -0.2) is 47.0 Å². The van der Waals surface area contributed by atoms with Crippen LogP contribution in [0.5, 0.6) is 5.88 Å². The third-order valence-electron chi connectivity index (χ3n) is 5.68. The second kappa shape index (κ2) is 9.93. The molecule has 0 aliphatic carbocycles. The summed E-state index contributed by atoms with van der Waals surface area (Å²) in [6, 6.07) is 14.2. The number of aromatic amines is 1. The van der Waals surface area contributed by atoms with Crippen molar-refractivity contribution < 1.29 is 9.84 Å². The zero-order chi connectivity index (χ0) is 21.8. The first-order chi connectivity index (χ1) is 15.0. The first-order valence-electron chi connectivity index (χ1n) is 10.5. The molecule has 2 N–H and O–H groups in total. The van der Waals surface area contributed by atoms with E-state index in [2.05, 4.69) is 49.6 Å². The lowest BCUT2D eigenvalue weighted by Crippen LogP contribution is -2.32. The van der Waals surface area contributed by atoms with Crippen molar-refractivity contribution in [3.05, 3.63) is 67.5 Å². The maximum absolute atomic E-state index is 12.1. The minimum atomic E-state index is -0.310. The zero-order valence-electron chi connectivity index (χ0n) is 17.5. The number of H-pyrrole nitrogens is 1. The van der Waals surface area contributed by atoms with Gasteiger partial charge in [0.05, 0.1) is 17.9 Å². The Labute approximate surface area is 195 Å². The van der Waals surface area contributed by atoms with Gasteiger partial charge in [-0.15, -0.1) is 0 Å². The van der Waals surface area contributed by atoms with Crippen LogP contribution in [0.2, 0.25) is 0 Å². The number of benzene rings is 2. The quantitative estimate of drug-likeness (QED) is 0.346. The highest BCUT2D eigenvalue weighted by Gasteiger charge is 2.24. The van der Waals surface area contributed by atoms with Crippen LogP contribution in [0, 0.1) is 3.57 Å². The smallest absolute Gasteiger partial charge is 0.258 e. The second-order valence-electron chi connectivity index (χ2n) is 7.76. The topological polar surface area (TPSA) is 77.9 Å². The van der Waals surface area contributed by atoms with Gasteiger partial charge < -0.3 is 9.84 Å². The van der Waals surface area contributed by atoms with Gasteiger partial charge in [-0.2, -0.15) is 0 Å². The van der Waals surface area contributed by atoms with E-state index in [-0.39, 0.29) is 11.4 Å². The summed E-state index contributed by atoms with van der Waals surface area (Å²) in [5.74, 6) is -0.172. The molecule has 162 valence electrons. The molecule has 0 spiro atoms. The molecule has 0 bridgehead atoms. The lowest BCUT2D eigenvalue weighted by molar-refractivity contribution is 0.0824. The number of pyridine rings is 1. The summed E-state index contributed by atoms with van der Waals surface area (Å²) in [7, 11) is 0. The van der Waals surface area contributed by atoms with Crippen LogP contribution in [0.4, 0.5) is 5.69 Å². The Morgan fingerprint density at radius 3 is 2.84 bits per heavy atom. The first-order valence-corrected chi connectivity index (χ1v) is 11.6. The highest BCUT2D eigenvalue weighted by atomic mass is 127. The third kappa shape index (κ3) is 5.16. The molecule has 0 radical (unpaired) electrons. The van der Waals surface area contributed by atoms with Gasteiger partial charge in [0.2, 0.25) is 5.88 Å². The van der Waals surface area contributed by atoms with Crippen molar-refractivity contribution in [3.63, 3.8) is 0 Å². The summed E-state index contributed by atoms with van der Waals surface area (Å²) in [5, 5.41) is 11.5. The van der Waals surface area contributed by atoms with Gasteiger partial charge in [-0.3, -0.25) is 19.7 Å². The van der Waals surface area contributed by atoms with E-state index in [4.69, 9.17) is 4.74 Å². The van der Waals surface area contributed by atoms with Gasteiger partial charge in [0.1, 0.15) is 0 Å². The van der Waals surface area contributed by atoms with E-state index in [1.54, 1.807) is 12.3 Å². The lowest BCUT2D eigenvalue weighted by atomic mass is 10.1. The van der Waals surface area contributed by atoms with Crippen molar-refractivity contribution in [2.75, 3.05) is 19.8 Å². The SMILES string of the molecule is CCOCC1CCCN1Cc1ccc(N=Cc2c(O)[nH]c(=O)c3ccc(I)cc23)cc1. The number of aromatic nitrogens is 1. The highest BCUT2D eigenvalue weighted by molar-refractivity contribution is 14.1. The van der Waals surface area contributed by atoms with Crippen LogP contribution < -0.4 is 5.56 Å². The molecule has 2 heterocycles. The Balaban J connectivity index is 1.51. The van der Waals surface area contributed by atoms with Crippen LogP contribution in [0.25, 0.3) is 10.8 Å². The van der Waals surface area contributed by atoms with E-state index < -0.39 is 0 Å². The number of hydrogen-bond donors (Lipinski definition) is 2. The number of nitrogens with zero attached hydrogens (tertiary/aromatic N) is 2. The minimum Gasteiger partial charge on any atom is -0.494 e. The Morgan fingerprint density at radius 1 is 1.26 bits per heavy atom. The standard InChI is InChI=1S/C24H26IN3O3/c1-2-31-15-19-4-3-11-28(19)14-16-5-8-18(9-6-16)26-13-22-21-12-17(25)7-10-20(21)23(29)27-24(22)30/h5-10,12-13,19H,2-4,11,14-15H2,1H3,(H2,27,29,30). The van der Waals surface area contributed by atoms with Gasteiger partial charge in [-0.1, -0.05) is 12.1 Å². The number of aliphatic imine (C=N–C) groups is 1. The molecular formula is C24H26IN3O3. The fraction of sp³-hybridized carbons (Fsp3) is 0.333. The first kappa shape index (κ1) is 22.0. The van der Waals surface area contributed by atoms with Gasteiger partial charge in [0.25, 0.3) is 5.56 Å². The molecular weight excluding hydrogens is 505 g/mol. The average Bonchev–Trinajstić information content (AvgIpc) is 3.19. The minimum absolute atomic E-state index is 0.172. The Morgan fingerprint density at radius 2 is 2.06 bits per heavy atom. The van der Waals surface area contributed by atoms with Crippen molar-refractivity contribution >= 4 is 45.3 Å². The van der Waals surface area contributed by atoms with Crippen LogP contribution in [0.3, 0.4) is 0 Å². The molecule has 4 rings (SSSR count). The fourth-order valence-electron chi connectivity index (χ4n) is 4.04. The van der Waals surface area contributed by atoms with Gasteiger partial charge in [-0.25, -0.2) is 0 Å². The van der Waals surface area contributed by atoms with Gasteiger partial charge in [0.15, 0.2) is 0 Å². The number of hydrogen-bond acceptors (Lipinski definition) is 5. The Kier molecular flexibility index (Phi) is 7.04. The Hall–Kier alpha value is -2.23. The number of rotatable bonds is 7. The van der Waals surface area contributed by atoms with Crippen molar-refractivity contribution in [2.24, 2.45) is 4.99 Å². The van der Waals surface area contributed by atoms with E-state index in [9.17, 15) is 9.90 Å². The number of halogens is 1. The summed E-state index contributed by atoms with van der Waals surface area (Å²) < 4.78 is 6.61. The van der Waals surface area contributed by atoms with E-state index >= 15 is 0 Å². The molecule has 1 unspecified atom stereocenters. The van der Waals surface area contributed by atoms with Crippen LogP contribution in [-0.2, 0) is 11.3 Å².